The topological polar surface area (TPSA) is 56.3 Å². The van der Waals surface area contributed by atoms with E-state index < -0.39 is 0 Å². The van der Waals surface area contributed by atoms with E-state index in [1.54, 1.807) is 30.5 Å². The van der Waals surface area contributed by atoms with Crippen molar-refractivity contribution in [1.82, 2.24) is 0 Å². The summed E-state index contributed by atoms with van der Waals surface area (Å²) in [6.45, 7) is 0. The van der Waals surface area contributed by atoms with Crippen LogP contribution in [0.1, 0.15) is 17.7 Å². The Kier molecular flexibility index (Phi) is 4.74. The Balaban J connectivity index is 1.84. The number of nitro benzene ring substituents is 1. The van der Waals surface area contributed by atoms with E-state index in [1.165, 1.54) is 0 Å². The van der Waals surface area contributed by atoms with Gasteiger partial charge in [-0.1, -0.05) is 28.1 Å². The molecular formula is C14H14BrNO3. The van der Waals surface area contributed by atoms with Crippen molar-refractivity contribution in [1.29, 1.82) is 0 Å². The van der Waals surface area contributed by atoms with Crippen molar-refractivity contribution >= 4 is 21.6 Å². The van der Waals surface area contributed by atoms with E-state index in [0.29, 0.717) is 4.83 Å². The van der Waals surface area contributed by atoms with Gasteiger partial charge in [-0.15, -0.1) is 0 Å². The van der Waals surface area contributed by atoms with Crippen LogP contribution in [0.3, 0.4) is 0 Å². The highest BCUT2D eigenvalue weighted by molar-refractivity contribution is 9.09. The van der Waals surface area contributed by atoms with Crippen molar-refractivity contribution in [2.75, 3.05) is 0 Å². The minimum Gasteiger partial charge on any atom is -0.469 e. The highest BCUT2D eigenvalue weighted by atomic mass is 79.9. The Bertz CT molecular complexity index is 522. The molecular weight excluding hydrogens is 310 g/mol. The van der Waals surface area contributed by atoms with Crippen LogP contribution in [0.25, 0.3) is 0 Å². The number of benzene rings is 1. The van der Waals surface area contributed by atoms with E-state index in [4.69, 9.17) is 4.42 Å². The molecule has 0 fully saturated rings. The van der Waals surface area contributed by atoms with Crippen molar-refractivity contribution in [3.05, 3.63) is 64.1 Å². The molecule has 0 aliphatic rings. The summed E-state index contributed by atoms with van der Waals surface area (Å²) in [7, 11) is 0. The van der Waals surface area contributed by atoms with Gasteiger partial charge in [0.1, 0.15) is 5.76 Å². The monoisotopic (exact) mass is 323 g/mol. The number of halogens is 1. The summed E-state index contributed by atoms with van der Waals surface area (Å²) < 4.78 is 5.28. The lowest BCUT2D eigenvalue weighted by Gasteiger charge is -2.08. The molecule has 1 unspecified atom stereocenters. The van der Waals surface area contributed by atoms with Gasteiger partial charge in [-0.05, 0) is 30.5 Å². The number of furan rings is 1. The van der Waals surface area contributed by atoms with Crippen LogP contribution < -0.4 is 0 Å². The van der Waals surface area contributed by atoms with Crippen LogP contribution in [-0.2, 0) is 12.8 Å². The molecule has 19 heavy (non-hydrogen) atoms. The minimum atomic E-state index is -0.383. The van der Waals surface area contributed by atoms with Crippen LogP contribution in [0.15, 0.2) is 47.1 Å². The lowest BCUT2D eigenvalue weighted by atomic mass is 10.1. The zero-order valence-electron chi connectivity index (χ0n) is 10.3. The zero-order chi connectivity index (χ0) is 13.7. The van der Waals surface area contributed by atoms with Crippen molar-refractivity contribution in [3.8, 4) is 0 Å². The number of hydrogen-bond acceptors (Lipinski definition) is 3. The van der Waals surface area contributed by atoms with E-state index in [1.807, 2.05) is 12.1 Å². The largest absolute Gasteiger partial charge is 0.469 e. The van der Waals surface area contributed by atoms with E-state index in [2.05, 4.69) is 15.9 Å². The Morgan fingerprint density at radius 1 is 1.26 bits per heavy atom. The van der Waals surface area contributed by atoms with Gasteiger partial charge in [0.25, 0.3) is 5.69 Å². The molecule has 1 heterocycles. The van der Waals surface area contributed by atoms with Crippen molar-refractivity contribution in [2.45, 2.75) is 24.1 Å². The molecule has 5 heteroatoms. The second-order valence-corrected chi connectivity index (χ2v) is 5.64. The van der Waals surface area contributed by atoms with Crippen molar-refractivity contribution in [2.24, 2.45) is 0 Å². The summed E-state index contributed by atoms with van der Waals surface area (Å²) in [5.74, 6) is 0.980. The number of alkyl halides is 1. The summed E-state index contributed by atoms with van der Waals surface area (Å²) in [5.41, 5.74) is 1.22. The van der Waals surface area contributed by atoms with Gasteiger partial charge in [0.15, 0.2) is 0 Å². The second kappa shape index (κ2) is 6.52. The second-order valence-electron chi connectivity index (χ2n) is 4.34. The van der Waals surface area contributed by atoms with Crippen LogP contribution >= 0.6 is 15.9 Å². The first-order valence-electron chi connectivity index (χ1n) is 6.05. The Morgan fingerprint density at radius 2 is 2.00 bits per heavy atom. The van der Waals surface area contributed by atoms with Crippen LogP contribution in [0.5, 0.6) is 0 Å². The van der Waals surface area contributed by atoms with Gasteiger partial charge < -0.3 is 4.42 Å². The predicted molar refractivity (Wildman–Crippen MR) is 76.5 cm³/mol. The average Bonchev–Trinajstić information content (AvgIpc) is 2.90. The van der Waals surface area contributed by atoms with Crippen LogP contribution in [0.4, 0.5) is 5.69 Å². The molecule has 0 bridgehead atoms. The summed E-state index contributed by atoms with van der Waals surface area (Å²) in [4.78, 5) is 10.5. The lowest BCUT2D eigenvalue weighted by Crippen LogP contribution is -2.04. The number of nitrogens with zero attached hydrogens (tertiary/aromatic N) is 1. The summed E-state index contributed by atoms with van der Waals surface area (Å²) >= 11 is 3.63. The highest BCUT2D eigenvalue weighted by Crippen LogP contribution is 2.19. The first-order valence-corrected chi connectivity index (χ1v) is 6.96. The normalized spacial score (nSPS) is 12.3. The molecule has 4 nitrogen and oxygen atoms in total. The smallest absolute Gasteiger partial charge is 0.269 e. The molecule has 1 aromatic carbocycles. The zero-order valence-corrected chi connectivity index (χ0v) is 11.9. The van der Waals surface area contributed by atoms with E-state index >= 15 is 0 Å². The molecule has 0 amide bonds. The molecule has 0 aliphatic heterocycles. The first-order chi connectivity index (χ1) is 9.15. The molecule has 0 N–H and O–H groups in total. The van der Waals surface area contributed by atoms with Gasteiger partial charge >= 0.3 is 0 Å². The maximum absolute atomic E-state index is 10.6. The van der Waals surface area contributed by atoms with E-state index in [0.717, 1.165) is 30.6 Å². The number of aryl methyl sites for hydroxylation is 1. The third-order valence-electron chi connectivity index (χ3n) is 2.89. The third-order valence-corrected chi connectivity index (χ3v) is 3.67. The lowest BCUT2D eigenvalue weighted by molar-refractivity contribution is -0.384. The number of non-ortho nitro benzene ring substituents is 1. The fourth-order valence-electron chi connectivity index (χ4n) is 1.87. The van der Waals surface area contributed by atoms with Crippen molar-refractivity contribution < 1.29 is 9.34 Å². The number of rotatable bonds is 6. The Labute approximate surface area is 119 Å². The quantitative estimate of drug-likeness (QED) is 0.456. The van der Waals surface area contributed by atoms with Gasteiger partial charge in [0, 0.05) is 23.4 Å². The number of nitro groups is 1. The summed E-state index contributed by atoms with van der Waals surface area (Å²) in [5, 5.41) is 10.6. The number of hydrogen-bond donors (Lipinski definition) is 0. The molecule has 1 atom stereocenters. The molecule has 2 rings (SSSR count). The van der Waals surface area contributed by atoms with E-state index in [-0.39, 0.29) is 10.6 Å². The van der Waals surface area contributed by atoms with Crippen LogP contribution in [-0.4, -0.2) is 9.75 Å². The fourth-order valence-corrected chi connectivity index (χ4v) is 2.47. The molecule has 1 aromatic heterocycles. The fraction of sp³-hybridized carbons (Fsp3) is 0.286. The Morgan fingerprint density at radius 3 is 2.58 bits per heavy atom. The maximum Gasteiger partial charge on any atom is 0.269 e. The molecule has 0 saturated heterocycles. The minimum absolute atomic E-state index is 0.130. The predicted octanol–water partition coefficient (Wildman–Crippen LogP) is 4.13. The molecule has 2 aromatic rings. The van der Waals surface area contributed by atoms with Crippen LogP contribution in [0, 0.1) is 10.1 Å². The van der Waals surface area contributed by atoms with Crippen molar-refractivity contribution in [3.63, 3.8) is 0 Å². The summed E-state index contributed by atoms with van der Waals surface area (Å²) in [6.07, 6.45) is 4.37. The van der Waals surface area contributed by atoms with Gasteiger partial charge in [0.2, 0.25) is 0 Å². The SMILES string of the molecule is O=[N+]([O-])c1ccc(CC(Br)CCc2ccco2)cc1. The van der Waals surface area contributed by atoms with Crippen LogP contribution in [0.2, 0.25) is 0 Å². The van der Waals surface area contributed by atoms with Gasteiger partial charge in [-0.3, -0.25) is 10.1 Å². The summed E-state index contributed by atoms with van der Waals surface area (Å²) in [6, 6.07) is 10.5. The standard InChI is InChI=1S/C14H14BrNO3/c15-12(5-8-14-2-1-9-19-14)10-11-3-6-13(7-4-11)16(17)18/h1-4,6-7,9,12H,5,8,10H2. The van der Waals surface area contributed by atoms with E-state index in [9.17, 15) is 10.1 Å². The molecule has 100 valence electrons. The molecule has 0 radical (unpaired) electrons. The third kappa shape index (κ3) is 4.21. The Hall–Kier alpha value is -1.62. The van der Waals surface area contributed by atoms with Gasteiger partial charge in [-0.25, -0.2) is 0 Å². The van der Waals surface area contributed by atoms with Gasteiger partial charge in [0.05, 0.1) is 11.2 Å². The van der Waals surface area contributed by atoms with Gasteiger partial charge in [-0.2, -0.15) is 0 Å². The molecule has 0 aliphatic carbocycles. The maximum atomic E-state index is 10.6. The molecule has 0 spiro atoms. The first kappa shape index (κ1) is 13.8. The molecule has 0 saturated carbocycles. The average molecular weight is 324 g/mol. The highest BCUT2D eigenvalue weighted by Gasteiger charge is 2.09.